The van der Waals surface area contributed by atoms with Crippen LogP contribution >= 0.6 is 11.8 Å². The van der Waals surface area contributed by atoms with Crippen molar-refractivity contribution in [3.05, 3.63) is 59.7 Å². The lowest BCUT2D eigenvalue weighted by Crippen LogP contribution is -2.55. The quantitative estimate of drug-likeness (QED) is 0.528. The van der Waals surface area contributed by atoms with Gasteiger partial charge < -0.3 is 19.7 Å². The van der Waals surface area contributed by atoms with Crippen molar-refractivity contribution >= 4 is 23.6 Å². The van der Waals surface area contributed by atoms with Crippen molar-refractivity contribution in [1.29, 1.82) is 0 Å². The third-order valence-electron chi connectivity index (χ3n) is 6.13. The second-order valence-electron chi connectivity index (χ2n) is 8.27. The summed E-state index contributed by atoms with van der Waals surface area (Å²) in [5.41, 5.74) is 1.71. The van der Waals surface area contributed by atoms with Gasteiger partial charge in [0.2, 0.25) is 5.91 Å². The van der Waals surface area contributed by atoms with Gasteiger partial charge in [-0.05, 0) is 54.7 Å². The van der Waals surface area contributed by atoms with Crippen LogP contribution in [0.2, 0.25) is 0 Å². The number of thioether (sulfide) groups is 1. The first kappa shape index (κ1) is 25.9. The van der Waals surface area contributed by atoms with Crippen LogP contribution in [0.5, 0.6) is 11.5 Å². The summed E-state index contributed by atoms with van der Waals surface area (Å²) in [4.78, 5) is 30.5. The largest absolute Gasteiger partial charge is 0.497 e. The molecule has 1 heterocycles. The topological polar surface area (TPSA) is 71.1 Å². The summed E-state index contributed by atoms with van der Waals surface area (Å²) >= 11 is 1.67. The van der Waals surface area contributed by atoms with Crippen LogP contribution < -0.4 is 14.8 Å². The molecule has 7 nitrogen and oxygen atoms in total. The number of ether oxygens (including phenoxy) is 2. The molecule has 34 heavy (non-hydrogen) atoms. The zero-order chi connectivity index (χ0) is 24.3. The van der Waals surface area contributed by atoms with E-state index in [-0.39, 0.29) is 11.8 Å². The van der Waals surface area contributed by atoms with E-state index in [1.165, 1.54) is 12.7 Å². The van der Waals surface area contributed by atoms with Gasteiger partial charge in [-0.1, -0.05) is 24.3 Å². The maximum atomic E-state index is 13.3. The molecule has 0 bridgehead atoms. The molecule has 1 atom stereocenters. The Kier molecular flexibility index (Phi) is 10.1. The van der Waals surface area contributed by atoms with Gasteiger partial charge in [0.15, 0.2) is 0 Å². The number of nitrogens with zero attached hydrogens (tertiary/aromatic N) is 2. The van der Waals surface area contributed by atoms with E-state index >= 15 is 0 Å². The van der Waals surface area contributed by atoms with Crippen molar-refractivity contribution in [2.24, 2.45) is 0 Å². The van der Waals surface area contributed by atoms with Crippen LogP contribution in [-0.4, -0.2) is 86.6 Å². The van der Waals surface area contributed by atoms with Gasteiger partial charge in [0, 0.05) is 32.7 Å². The number of hydrogen-bond acceptors (Lipinski definition) is 6. The summed E-state index contributed by atoms with van der Waals surface area (Å²) < 4.78 is 10.5. The normalized spacial score (nSPS) is 15.0. The second-order valence-corrected chi connectivity index (χ2v) is 9.26. The number of para-hydroxylation sites is 1. The highest BCUT2D eigenvalue weighted by atomic mass is 32.2. The number of nitrogens with one attached hydrogen (secondary N) is 1. The first-order valence-corrected chi connectivity index (χ1v) is 13.0. The number of benzene rings is 2. The highest BCUT2D eigenvalue weighted by Gasteiger charge is 2.29. The Hall–Kier alpha value is -2.71. The Morgan fingerprint density at radius 3 is 2.35 bits per heavy atom. The second kappa shape index (κ2) is 13.2. The molecule has 2 amide bonds. The molecule has 8 heteroatoms. The van der Waals surface area contributed by atoms with Crippen LogP contribution in [-0.2, 0) is 11.2 Å². The molecule has 2 aromatic rings. The molecule has 184 valence electrons. The monoisotopic (exact) mass is 485 g/mol. The van der Waals surface area contributed by atoms with Crippen molar-refractivity contribution < 1.29 is 19.1 Å². The van der Waals surface area contributed by atoms with Gasteiger partial charge in [0.1, 0.15) is 17.5 Å². The van der Waals surface area contributed by atoms with Crippen molar-refractivity contribution in [1.82, 2.24) is 15.1 Å². The molecule has 1 unspecified atom stereocenters. The SMILES string of the molecule is COc1ccc(CCN2CCN(C(=O)C(CCSC)NC(=O)c3ccccc3OC)CC2)cc1. The summed E-state index contributed by atoms with van der Waals surface area (Å²) in [6, 6.07) is 14.7. The van der Waals surface area contributed by atoms with Gasteiger partial charge in [-0.3, -0.25) is 14.5 Å². The maximum Gasteiger partial charge on any atom is 0.255 e. The van der Waals surface area contributed by atoms with Gasteiger partial charge >= 0.3 is 0 Å². The number of hydrogen-bond donors (Lipinski definition) is 1. The number of methoxy groups -OCH3 is 2. The molecule has 1 saturated heterocycles. The highest BCUT2D eigenvalue weighted by Crippen LogP contribution is 2.18. The van der Waals surface area contributed by atoms with Crippen molar-refractivity contribution in [2.75, 3.05) is 59.0 Å². The molecule has 0 aliphatic carbocycles. The van der Waals surface area contributed by atoms with Gasteiger partial charge in [-0.15, -0.1) is 0 Å². The molecule has 0 saturated carbocycles. The van der Waals surface area contributed by atoms with Gasteiger partial charge in [0.05, 0.1) is 19.8 Å². The van der Waals surface area contributed by atoms with Crippen molar-refractivity contribution in [3.8, 4) is 11.5 Å². The smallest absolute Gasteiger partial charge is 0.255 e. The average Bonchev–Trinajstić information content (AvgIpc) is 2.89. The van der Waals surface area contributed by atoms with Gasteiger partial charge in [-0.2, -0.15) is 11.8 Å². The van der Waals surface area contributed by atoms with Gasteiger partial charge in [-0.25, -0.2) is 0 Å². The van der Waals surface area contributed by atoms with Crippen LogP contribution in [0.4, 0.5) is 0 Å². The van der Waals surface area contributed by atoms with E-state index in [0.29, 0.717) is 30.8 Å². The third-order valence-corrected chi connectivity index (χ3v) is 6.77. The average molecular weight is 486 g/mol. The van der Waals surface area contributed by atoms with E-state index in [0.717, 1.165) is 37.6 Å². The fourth-order valence-electron chi connectivity index (χ4n) is 4.05. The summed E-state index contributed by atoms with van der Waals surface area (Å²) in [5, 5.41) is 2.96. The fraction of sp³-hybridized carbons (Fsp3) is 0.462. The minimum absolute atomic E-state index is 0.00731. The summed E-state index contributed by atoms with van der Waals surface area (Å²) in [6.45, 7) is 3.95. The lowest BCUT2D eigenvalue weighted by atomic mass is 10.1. The first-order chi connectivity index (χ1) is 16.5. The molecule has 0 radical (unpaired) electrons. The van der Waals surface area contributed by atoms with Crippen molar-refractivity contribution in [3.63, 3.8) is 0 Å². The maximum absolute atomic E-state index is 13.3. The Bertz CT molecular complexity index is 930. The van der Waals surface area contributed by atoms with Crippen LogP contribution in [0.1, 0.15) is 22.3 Å². The van der Waals surface area contributed by atoms with Crippen LogP contribution in [0.25, 0.3) is 0 Å². The standard InChI is InChI=1S/C26H35N3O4S/c1-32-21-10-8-20(9-11-21)12-14-28-15-17-29(18-16-28)26(31)23(13-19-34-3)27-25(30)22-6-4-5-7-24(22)33-2/h4-11,23H,12-19H2,1-3H3,(H,27,30). The molecule has 1 N–H and O–H groups in total. The molecule has 0 aromatic heterocycles. The predicted octanol–water partition coefficient (Wildman–Crippen LogP) is 2.94. The first-order valence-electron chi connectivity index (χ1n) is 11.6. The van der Waals surface area contributed by atoms with Crippen molar-refractivity contribution in [2.45, 2.75) is 18.9 Å². The van der Waals surface area contributed by atoms with E-state index in [9.17, 15) is 9.59 Å². The molecule has 1 aliphatic heterocycles. The fourth-order valence-corrected chi connectivity index (χ4v) is 4.52. The summed E-state index contributed by atoms with van der Waals surface area (Å²) in [6.07, 6.45) is 3.56. The zero-order valence-electron chi connectivity index (χ0n) is 20.3. The Morgan fingerprint density at radius 2 is 1.71 bits per heavy atom. The molecule has 3 rings (SSSR count). The number of piperazine rings is 1. The van der Waals surface area contributed by atoms with E-state index in [1.54, 1.807) is 37.1 Å². The molecule has 1 aliphatic rings. The van der Waals surface area contributed by atoms with Crippen LogP contribution in [0.3, 0.4) is 0 Å². The van der Waals surface area contributed by atoms with Gasteiger partial charge in [0.25, 0.3) is 5.91 Å². The Balaban J connectivity index is 1.53. The summed E-state index contributed by atoms with van der Waals surface area (Å²) in [7, 11) is 3.21. The predicted molar refractivity (Wildman–Crippen MR) is 137 cm³/mol. The van der Waals surface area contributed by atoms with E-state index in [1.807, 2.05) is 29.4 Å². The Morgan fingerprint density at radius 1 is 1.00 bits per heavy atom. The van der Waals surface area contributed by atoms with E-state index < -0.39 is 6.04 Å². The Labute approximate surface area is 206 Å². The van der Waals surface area contributed by atoms with E-state index in [2.05, 4.69) is 22.3 Å². The third kappa shape index (κ3) is 7.14. The minimum atomic E-state index is -0.546. The molecule has 2 aromatic carbocycles. The number of carbonyl (C=O) groups is 2. The number of amides is 2. The highest BCUT2D eigenvalue weighted by molar-refractivity contribution is 7.98. The molecular weight excluding hydrogens is 450 g/mol. The van der Waals surface area contributed by atoms with E-state index in [4.69, 9.17) is 9.47 Å². The number of rotatable bonds is 11. The van der Waals surface area contributed by atoms with Crippen LogP contribution in [0, 0.1) is 0 Å². The molecule has 0 spiro atoms. The summed E-state index contributed by atoms with van der Waals surface area (Å²) in [5.74, 6) is 1.87. The molecular formula is C26H35N3O4S. The molecule has 1 fully saturated rings. The van der Waals surface area contributed by atoms with Crippen LogP contribution in [0.15, 0.2) is 48.5 Å². The lowest BCUT2D eigenvalue weighted by molar-refractivity contribution is -0.135. The lowest BCUT2D eigenvalue weighted by Gasteiger charge is -2.36. The number of carbonyl (C=O) groups excluding carboxylic acids is 2. The zero-order valence-corrected chi connectivity index (χ0v) is 21.1. The minimum Gasteiger partial charge on any atom is -0.497 e.